The summed E-state index contributed by atoms with van der Waals surface area (Å²) in [5.74, 6) is -0.299. The Kier molecular flexibility index (Phi) is 3.59. The molecule has 1 aliphatic carbocycles. The number of fused-ring (bicyclic) bond motifs is 1. The summed E-state index contributed by atoms with van der Waals surface area (Å²) in [6, 6.07) is 4.19. The first-order valence-electron chi connectivity index (χ1n) is 8.19. The first kappa shape index (κ1) is 15.6. The zero-order valence-corrected chi connectivity index (χ0v) is 14.0. The molecule has 0 unspecified atom stereocenters. The Morgan fingerprint density at radius 1 is 1.04 bits per heavy atom. The highest BCUT2D eigenvalue weighted by molar-refractivity contribution is 7.91. The number of nitrogens with zero attached hydrogens (tertiary/aromatic N) is 3. The highest BCUT2D eigenvalue weighted by Gasteiger charge is 2.51. The zero-order chi connectivity index (χ0) is 16.9. The first-order chi connectivity index (χ1) is 11.5. The summed E-state index contributed by atoms with van der Waals surface area (Å²) in [5.41, 5.74) is 0.308. The molecule has 1 saturated carbocycles. The van der Waals surface area contributed by atoms with Crippen LogP contribution in [0.3, 0.4) is 0 Å². The maximum Gasteiger partial charge on any atom is 0.272 e. The van der Waals surface area contributed by atoms with Crippen molar-refractivity contribution in [1.82, 2.24) is 14.8 Å². The molecular weight excluding hydrogens is 330 g/mol. The monoisotopic (exact) mass is 349 g/mol. The topological polar surface area (TPSA) is 87.7 Å². The van der Waals surface area contributed by atoms with Gasteiger partial charge in [-0.25, -0.2) is 8.42 Å². The lowest BCUT2D eigenvalue weighted by Crippen LogP contribution is -2.62. The van der Waals surface area contributed by atoms with Gasteiger partial charge in [0.1, 0.15) is 5.69 Å². The van der Waals surface area contributed by atoms with Crippen LogP contribution in [-0.2, 0) is 14.6 Å². The number of sulfone groups is 1. The van der Waals surface area contributed by atoms with Crippen molar-refractivity contribution in [2.24, 2.45) is 5.92 Å². The Morgan fingerprint density at radius 3 is 2.33 bits per heavy atom. The van der Waals surface area contributed by atoms with Gasteiger partial charge in [0.25, 0.3) is 5.91 Å². The molecule has 0 N–H and O–H groups in total. The van der Waals surface area contributed by atoms with E-state index in [1.807, 2.05) is 0 Å². The number of hydrogen-bond donors (Lipinski definition) is 0. The minimum Gasteiger partial charge on any atom is -0.335 e. The predicted octanol–water partition coefficient (Wildman–Crippen LogP) is -0.0584. The summed E-state index contributed by atoms with van der Waals surface area (Å²) in [4.78, 5) is 32.6. The maximum atomic E-state index is 12.7. The lowest BCUT2D eigenvalue weighted by Gasteiger charge is -2.43. The van der Waals surface area contributed by atoms with E-state index in [1.54, 1.807) is 34.2 Å². The van der Waals surface area contributed by atoms with Crippen LogP contribution in [0.2, 0.25) is 0 Å². The molecule has 1 aromatic rings. The molecule has 128 valence electrons. The third-order valence-electron chi connectivity index (χ3n) is 5.03. The lowest BCUT2D eigenvalue weighted by atomic mass is 10.0. The van der Waals surface area contributed by atoms with Gasteiger partial charge in [-0.2, -0.15) is 0 Å². The lowest BCUT2D eigenvalue weighted by molar-refractivity contribution is -0.137. The van der Waals surface area contributed by atoms with Crippen LogP contribution in [-0.4, -0.2) is 71.7 Å². The van der Waals surface area contributed by atoms with E-state index in [4.69, 9.17) is 0 Å². The Balaban J connectivity index is 1.62. The summed E-state index contributed by atoms with van der Waals surface area (Å²) < 4.78 is 24.3. The number of aromatic nitrogens is 1. The van der Waals surface area contributed by atoms with Gasteiger partial charge in [0.15, 0.2) is 9.84 Å². The van der Waals surface area contributed by atoms with Gasteiger partial charge < -0.3 is 9.80 Å². The average molecular weight is 349 g/mol. The highest BCUT2D eigenvalue weighted by atomic mass is 32.2. The molecule has 3 fully saturated rings. The second-order valence-corrected chi connectivity index (χ2v) is 8.88. The molecule has 0 spiro atoms. The van der Waals surface area contributed by atoms with Crippen LogP contribution < -0.4 is 0 Å². The van der Waals surface area contributed by atoms with Crippen molar-refractivity contribution in [1.29, 1.82) is 0 Å². The van der Waals surface area contributed by atoms with Gasteiger partial charge in [0.05, 0.1) is 23.6 Å². The normalized spacial score (nSPS) is 28.5. The van der Waals surface area contributed by atoms with Crippen molar-refractivity contribution < 1.29 is 18.0 Å². The fraction of sp³-hybridized carbons (Fsp3) is 0.562. The van der Waals surface area contributed by atoms with Crippen LogP contribution in [0.25, 0.3) is 0 Å². The molecule has 8 heteroatoms. The van der Waals surface area contributed by atoms with Crippen LogP contribution in [0.5, 0.6) is 0 Å². The summed E-state index contributed by atoms with van der Waals surface area (Å²) in [6.07, 6.45) is 3.31. The van der Waals surface area contributed by atoms with E-state index in [-0.39, 0.29) is 29.2 Å². The number of pyridine rings is 1. The molecule has 4 rings (SSSR count). The van der Waals surface area contributed by atoms with Crippen LogP contribution >= 0.6 is 0 Å². The Bertz CT molecular complexity index is 776. The van der Waals surface area contributed by atoms with Gasteiger partial charge in [-0.3, -0.25) is 14.6 Å². The van der Waals surface area contributed by atoms with E-state index < -0.39 is 21.9 Å². The molecule has 0 bridgehead atoms. The Labute approximate surface area is 140 Å². The molecule has 0 radical (unpaired) electrons. The third-order valence-corrected chi connectivity index (χ3v) is 6.73. The Morgan fingerprint density at radius 2 is 1.71 bits per heavy atom. The van der Waals surface area contributed by atoms with E-state index >= 15 is 0 Å². The number of piperazine rings is 1. The predicted molar refractivity (Wildman–Crippen MR) is 85.9 cm³/mol. The SMILES string of the molecule is O=C(C1CC1)N1CCN(C(=O)c2ccccn2)[C@H]2CS(=O)(=O)C[C@H]21. The number of carbonyl (C=O) groups excluding carboxylic acids is 2. The van der Waals surface area contributed by atoms with E-state index in [0.29, 0.717) is 18.8 Å². The largest absolute Gasteiger partial charge is 0.335 e. The standard InChI is InChI=1S/C16H19N3O4S/c20-15(11-4-5-11)18-7-8-19(14-10-24(22,23)9-13(14)18)16(21)12-3-1-2-6-17-12/h1-3,6,11,13-14H,4-5,7-10H2/t13-,14+/m1/s1. The van der Waals surface area contributed by atoms with Crippen molar-refractivity contribution in [3.63, 3.8) is 0 Å². The molecule has 2 amide bonds. The molecule has 3 heterocycles. The van der Waals surface area contributed by atoms with Crippen molar-refractivity contribution in [2.45, 2.75) is 24.9 Å². The van der Waals surface area contributed by atoms with Crippen LogP contribution in [0.15, 0.2) is 24.4 Å². The van der Waals surface area contributed by atoms with Gasteiger partial charge in [-0.1, -0.05) is 6.07 Å². The average Bonchev–Trinajstić information content (AvgIpc) is 3.35. The molecule has 3 aliphatic rings. The number of carbonyl (C=O) groups is 2. The second kappa shape index (κ2) is 5.54. The molecule has 2 saturated heterocycles. The van der Waals surface area contributed by atoms with E-state index in [2.05, 4.69) is 4.98 Å². The zero-order valence-electron chi connectivity index (χ0n) is 13.2. The summed E-state index contributed by atoms with van der Waals surface area (Å²) >= 11 is 0. The summed E-state index contributed by atoms with van der Waals surface area (Å²) in [5, 5.41) is 0. The second-order valence-electron chi connectivity index (χ2n) is 6.73. The molecule has 7 nitrogen and oxygen atoms in total. The van der Waals surface area contributed by atoms with Crippen LogP contribution in [0.4, 0.5) is 0 Å². The minimum absolute atomic E-state index is 0.0481. The minimum atomic E-state index is -3.26. The van der Waals surface area contributed by atoms with E-state index in [9.17, 15) is 18.0 Å². The molecule has 2 atom stereocenters. The van der Waals surface area contributed by atoms with Gasteiger partial charge >= 0.3 is 0 Å². The van der Waals surface area contributed by atoms with Crippen molar-refractivity contribution in [3.8, 4) is 0 Å². The highest BCUT2D eigenvalue weighted by Crippen LogP contribution is 2.35. The summed E-state index contributed by atoms with van der Waals surface area (Å²) in [7, 11) is -3.26. The summed E-state index contributed by atoms with van der Waals surface area (Å²) in [6.45, 7) is 0.745. The van der Waals surface area contributed by atoms with Gasteiger partial charge in [0.2, 0.25) is 5.91 Å². The van der Waals surface area contributed by atoms with Crippen molar-refractivity contribution in [2.75, 3.05) is 24.6 Å². The third kappa shape index (κ3) is 2.68. The number of amides is 2. The van der Waals surface area contributed by atoms with E-state index in [0.717, 1.165) is 12.8 Å². The van der Waals surface area contributed by atoms with Crippen LogP contribution in [0, 0.1) is 5.92 Å². The molecule has 2 aliphatic heterocycles. The molecule has 1 aromatic heterocycles. The smallest absolute Gasteiger partial charge is 0.272 e. The van der Waals surface area contributed by atoms with Crippen LogP contribution in [0.1, 0.15) is 23.3 Å². The fourth-order valence-electron chi connectivity index (χ4n) is 3.68. The van der Waals surface area contributed by atoms with Gasteiger partial charge in [-0.05, 0) is 25.0 Å². The van der Waals surface area contributed by atoms with E-state index in [1.165, 1.54) is 0 Å². The molecule has 24 heavy (non-hydrogen) atoms. The Hall–Kier alpha value is -1.96. The maximum absolute atomic E-state index is 12.7. The molecular formula is C16H19N3O4S. The first-order valence-corrected chi connectivity index (χ1v) is 10.0. The fourth-order valence-corrected chi connectivity index (χ4v) is 5.66. The van der Waals surface area contributed by atoms with Crippen molar-refractivity contribution >= 4 is 21.7 Å². The van der Waals surface area contributed by atoms with Gasteiger partial charge in [-0.15, -0.1) is 0 Å². The quantitative estimate of drug-likeness (QED) is 0.747. The van der Waals surface area contributed by atoms with Crippen molar-refractivity contribution in [3.05, 3.63) is 30.1 Å². The van der Waals surface area contributed by atoms with Gasteiger partial charge in [0, 0.05) is 25.2 Å². The number of rotatable bonds is 2. The number of hydrogen-bond acceptors (Lipinski definition) is 5. The molecule has 0 aromatic carbocycles.